The summed E-state index contributed by atoms with van der Waals surface area (Å²) >= 11 is 0. The Hall–Kier alpha value is -3.05. The van der Waals surface area contributed by atoms with Crippen LogP contribution in [0.25, 0.3) is 0 Å². The molecule has 0 atom stereocenters. The second kappa shape index (κ2) is 12.2. The van der Waals surface area contributed by atoms with Crippen LogP contribution >= 0.6 is 0 Å². The van der Waals surface area contributed by atoms with Gasteiger partial charge in [0.25, 0.3) is 0 Å². The average molecular weight is 556 g/mol. The van der Waals surface area contributed by atoms with Gasteiger partial charge < -0.3 is 5.32 Å². The zero-order valence-corrected chi connectivity index (χ0v) is 23.0. The van der Waals surface area contributed by atoms with Gasteiger partial charge in [0.05, 0.1) is 16.3 Å². The number of nitrogens with zero attached hydrogens (tertiary/aromatic N) is 2. The van der Waals surface area contributed by atoms with Crippen molar-refractivity contribution in [1.82, 2.24) is 13.9 Å². The lowest BCUT2D eigenvalue weighted by Gasteiger charge is -2.22. The predicted molar refractivity (Wildman–Crippen MR) is 146 cm³/mol. The topological polar surface area (TPSA) is 104 Å². The van der Waals surface area contributed by atoms with Crippen LogP contribution in [0.1, 0.15) is 29.5 Å². The van der Waals surface area contributed by atoms with Gasteiger partial charge in [0.15, 0.2) is 0 Å². The fourth-order valence-corrected chi connectivity index (χ4v) is 7.23. The molecule has 202 valence electrons. The summed E-state index contributed by atoms with van der Waals surface area (Å²) in [5.41, 5.74) is 2.63. The SMILES string of the molecule is Cc1ccc(S(=O)(=O)N(CCc2ccccc2)CC(=O)NCc2ccc(S(=O)(=O)N3CCCC3)cc2)cc1. The first-order valence-corrected chi connectivity index (χ1v) is 15.5. The number of hydrogen-bond donors (Lipinski definition) is 1. The second-order valence-corrected chi connectivity index (χ2v) is 13.3. The van der Waals surface area contributed by atoms with E-state index in [9.17, 15) is 21.6 Å². The van der Waals surface area contributed by atoms with Crippen LogP contribution in [0.15, 0.2) is 88.7 Å². The van der Waals surface area contributed by atoms with Gasteiger partial charge in [-0.15, -0.1) is 0 Å². The van der Waals surface area contributed by atoms with Crippen LogP contribution in [0, 0.1) is 6.92 Å². The van der Waals surface area contributed by atoms with Gasteiger partial charge in [-0.05, 0) is 61.6 Å². The van der Waals surface area contributed by atoms with E-state index >= 15 is 0 Å². The van der Waals surface area contributed by atoms with Crippen molar-refractivity contribution in [1.29, 1.82) is 0 Å². The van der Waals surface area contributed by atoms with Gasteiger partial charge in [0.1, 0.15) is 0 Å². The normalized spacial score (nSPS) is 14.6. The third kappa shape index (κ3) is 6.87. The molecule has 0 unspecified atom stereocenters. The van der Waals surface area contributed by atoms with E-state index < -0.39 is 26.0 Å². The molecule has 0 aliphatic carbocycles. The molecule has 4 rings (SSSR count). The minimum absolute atomic E-state index is 0.138. The molecule has 0 aromatic heterocycles. The van der Waals surface area contributed by atoms with E-state index in [0.29, 0.717) is 19.5 Å². The molecule has 1 saturated heterocycles. The van der Waals surface area contributed by atoms with E-state index in [2.05, 4.69) is 5.32 Å². The van der Waals surface area contributed by atoms with Gasteiger partial charge in [0, 0.05) is 26.2 Å². The number of aryl methyl sites for hydroxylation is 1. The second-order valence-electron chi connectivity index (χ2n) is 9.42. The molecular weight excluding hydrogens is 522 g/mol. The summed E-state index contributed by atoms with van der Waals surface area (Å²) in [6.45, 7) is 2.92. The Kier molecular flexibility index (Phi) is 8.99. The zero-order chi connectivity index (χ0) is 27.2. The highest BCUT2D eigenvalue weighted by Gasteiger charge is 2.28. The molecule has 0 saturated carbocycles. The molecule has 0 bridgehead atoms. The smallest absolute Gasteiger partial charge is 0.243 e. The van der Waals surface area contributed by atoms with E-state index in [0.717, 1.165) is 29.5 Å². The van der Waals surface area contributed by atoms with Crippen LogP contribution in [0.4, 0.5) is 0 Å². The highest BCUT2D eigenvalue weighted by molar-refractivity contribution is 7.89. The Morgan fingerprint density at radius 3 is 2.05 bits per heavy atom. The third-order valence-corrected chi connectivity index (χ3v) is 10.4. The first-order valence-electron chi connectivity index (χ1n) is 12.6. The van der Waals surface area contributed by atoms with Crippen molar-refractivity contribution < 1.29 is 21.6 Å². The Bertz CT molecular complexity index is 1430. The first-order chi connectivity index (χ1) is 18.2. The molecule has 1 aliphatic rings. The van der Waals surface area contributed by atoms with Crippen LogP contribution in [0.3, 0.4) is 0 Å². The lowest BCUT2D eigenvalue weighted by molar-refractivity contribution is -0.121. The summed E-state index contributed by atoms with van der Waals surface area (Å²) in [6.07, 6.45) is 2.20. The van der Waals surface area contributed by atoms with E-state index in [4.69, 9.17) is 0 Å². The number of benzene rings is 3. The van der Waals surface area contributed by atoms with E-state index in [1.807, 2.05) is 37.3 Å². The van der Waals surface area contributed by atoms with Crippen LogP contribution < -0.4 is 5.32 Å². The summed E-state index contributed by atoms with van der Waals surface area (Å²) in [5.74, 6) is -0.442. The molecule has 1 heterocycles. The van der Waals surface area contributed by atoms with Crippen molar-refractivity contribution >= 4 is 26.0 Å². The number of amides is 1. The van der Waals surface area contributed by atoms with Gasteiger partial charge in [-0.1, -0.05) is 60.2 Å². The zero-order valence-electron chi connectivity index (χ0n) is 21.4. The standard InChI is InChI=1S/C28H33N3O5S2/c1-23-9-13-26(14-10-23)38(35,36)31(20-17-24-7-3-2-4-8-24)22-28(32)29-21-25-11-15-27(16-12-25)37(33,34)30-18-5-6-19-30/h2-4,7-16H,5-6,17-22H2,1H3,(H,29,32). The van der Waals surface area contributed by atoms with Gasteiger partial charge in [-0.25, -0.2) is 16.8 Å². The third-order valence-electron chi connectivity index (χ3n) is 6.59. The van der Waals surface area contributed by atoms with Gasteiger partial charge in [-0.2, -0.15) is 8.61 Å². The summed E-state index contributed by atoms with van der Waals surface area (Å²) in [6, 6.07) is 22.5. The maximum Gasteiger partial charge on any atom is 0.243 e. The van der Waals surface area contributed by atoms with Crippen molar-refractivity contribution in [2.75, 3.05) is 26.2 Å². The molecule has 1 fully saturated rings. The number of sulfonamides is 2. The Balaban J connectivity index is 1.42. The van der Waals surface area contributed by atoms with Gasteiger partial charge >= 0.3 is 0 Å². The molecule has 38 heavy (non-hydrogen) atoms. The fourth-order valence-electron chi connectivity index (χ4n) is 4.32. The summed E-state index contributed by atoms with van der Waals surface area (Å²) in [5, 5.41) is 2.77. The maximum atomic E-state index is 13.4. The van der Waals surface area contributed by atoms with Crippen molar-refractivity contribution in [2.24, 2.45) is 0 Å². The molecule has 3 aromatic carbocycles. The maximum absolute atomic E-state index is 13.4. The highest BCUT2D eigenvalue weighted by atomic mass is 32.2. The molecule has 0 radical (unpaired) electrons. The van der Waals surface area contributed by atoms with Gasteiger partial charge in [-0.3, -0.25) is 4.79 Å². The van der Waals surface area contributed by atoms with E-state index in [1.165, 1.54) is 8.61 Å². The van der Waals surface area contributed by atoms with Crippen molar-refractivity contribution in [3.63, 3.8) is 0 Å². The largest absolute Gasteiger partial charge is 0.351 e. The number of hydrogen-bond acceptors (Lipinski definition) is 5. The molecule has 0 spiro atoms. The van der Waals surface area contributed by atoms with Crippen LogP contribution in [0.5, 0.6) is 0 Å². The van der Waals surface area contributed by atoms with E-state index in [1.54, 1.807) is 48.5 Å². The molecule has 1 aliphatic heterocycles. The number of carbonyl (C=O) groups excluding carboxylic acids is 1. The van der Waals surface area contributed by atoms with Crippen LogP contribution in [-0.2, 0) is 37.8 Å². The summed E-state index contributed by atoms with van der Waals surface area (Å²) < 4.78 is 54.9. The summed E-state index contributed by atoms with van der Waals surface area (Å²) in [4.78, 5) is 13.2. The molecule has 1 N–H and O–H groups in total. The molecule has 1 amide bonds. The lowest BCUT2D eigenvalue weighted by atomic mass is 10.1. The fraction of sp³-hybridized carbons (Fsp3) is 0.321. The van der Waals surface area contributed by atoms with Crippen molar-refractivity contribution in [2.45, 2.75) is 42.5 Å². The van der Waals surface area contributed by atoms with E-state index in [-0.39, 0.29) is 29.4 Å². The monoisotopic (exact) mass is 555 g/mol. The average Bonchev–Trinajstić information content (AvgIpc) is 3.47. The number of carbonyl (C=O) groups is 1. The quantitative estimate of drug-likeness (QED) is 0.391. The minimum atomic E-state index is -3.90. The number of nitrogens with one attached hydrogen (secondary N) is 1. The van der Waals surface area contributed by atoms with Crippen LogP contribution in [0.2, 0.25) is 0 Å². The minimum Gasteiger partial charge on any atom is -0.351 e. The van der Waals surface area contributed by atoms with Crippen LogP contribution in [-0.4, -0.2) is 57.5 Å². The molecular formula is C28H33N3O5S2. The Morgan fingerprint density at radius 1 is 0.816 bits per heavy atom. The van der Waals surface area contributed by atoms with Gasteiger partial charge in [0.2, 0.25) is 26.0 Å². The molecule has 10 heteroatoms. The van der Waals surface area contributed by atoms with Crippen molar-refractivity contribution in [3.8, 4) is 0 Å². The Labute approximate surface area is 225 Å². The molecule has 8 nitrogen and oxygen atoms in total. The lowest BCUT2D eigenvalue weighted by Crippen LogP contribution is -2.41. The predicted octanol–water partition coefficient (Wildman–Crippen LogP) is 3.33. The first kappa shape index (κ1) is 28.0. The van der Waals surface area contributed by atoms with Crippen molar-refractivity contribution in [3.05, 3.63) is 95.6 Å². The summed E-state index contributed by atoms with van der Waals surface area (Å²) in [7, 11) is -7.40. The molecule has 3 aromatic rings. The number of rotatable bonds is 11. The highest BCUT2D eigenvalue weighted by Crippen LogP contribution is 2.21. The Morgan fingerprint density at radius 2 is 1.42 bits per heavy atom.